The standard InChI is InChI=1S/C12H6F4OS/c13-9-5-7(6-17)1-2-8(9)10-3-4-11(18-10)12(14,15)16/h1-6H. The van der Waals surface area contributed by atoms with Crippen LogP contribution >= 0.6 is 11.3 Å². The van der Waals surface area contributed by atoms with Gasteiger partial charge in [-0.25, -0.2) is 4.39 Å². The number of alkyl halides is 3. The minimum atomic E-state index is -4.43. The van der Waals surface area contributed by atoms with Crippen molar-refractivity contribution in [2.45, 2.75) is 6.18 Å². The van der Waals surface area contributed by atoms with Gasteiger partial charge in [0.25, 0.3) is 0 Å². The summed E-state index contributed by atoms with van der Waals surface area (Å²) in [5, 5.41) is 0. The Morgan fingerprint density at radius 3 is 2.33 bits per heavy atom. The average Bonchev–Trinajstić information content (AvgIpc) is 2.77. The first-order valence-electron chi connectivity index (χ1n) is 4.84. The van der Waals surface area contributed by atoms with Crippen molar-refractivity contribution in [3.05, 3.63) is 46.6 Å². The summed E-state index contributed by atoms with van der Waals surface area (Å²) < 4.78 is 50.8. The molecule has 94 valence electrons. The average molecular weight is 274 g/mol. The van der Waals surface area contributed by atoms with E-state index in [9.17, 15) is 22.4 Å². The smallest absolute Gasteiger partial charge is 0.298 e. The Kier molecular flexibility index (Phi) is 3.21. The van der Waals surface area contributed by atoms with E-state index in [1.807, 2.05) is 0 Å². The van der Waals surface area contributed by atoms with Crippen LogP contribution in [0.5, 0.6) is 0 Å². The van der Waals surface area contributed by atoms with Crippen LogP contribution in [0.3, 0.4) is 0 Å². The lowest BCUT2D eigenvalue weighted by atomic mass is 10.1. The lowest BCUT2D eigenvalue weighted by Crippen LogP contribution is -2.00. The summed E-state index contributed by atoms with van der Waals surface area (Å²) in [5.74, 6) is -0.713. The topological polar surface area (TPSA) is 17.1 Å². The molecule has 0 bridgehead atoms. The monoisotopic (exact) mass is 274 g/mol. The Balaban J connectivity index is 2.43. The molecule has 0 amide bonds. The number of rotatable bonds is 2. The van der Waals surface area contributed by atoms with Gasteiger partial charge in [-0.05, 0) is 24.3 Å². The lowest BCUT2D eigenvalue weighted by molar-refractivity contribution is -0.134. The van der Waals surface area contributed by atoms with Gasteiger partial charge in [0.05, 0.1) is 0 Å². The van der Waals surface area contributed by atoms with Crippen molar-refractivity contribution in [2.75, 3.05) is 0 Å². The van der Waals surface area contributed by atoms with Crippen molar-refractivity contribution in [2.24, 2.45) is 0 Å². The summed E-state index contributed by atoms with van der Waals surface area (Å²) in [6, 6.07) is 5.78. The van der Waals surface area contributed by atoms with Crippen LogP contribution < -0.4 is 0 Å². The van der Waals surface area contributed by atoms with Gasteiger partial charge >= 0.3 is 6.18 Å². The SMILES string of the molecule is O=Cc1ccc(-c2ccc(C(F)(F)F)s2)c(F)c1. The first kappa shape index (κ1) is 12.8. The van der Waals surface area contributed by atoms with E-state index in [1.54, 1.807) is 0 Å². The molecule has 0 spiro atoms. The Bertz CT molecular complexity index is 586. The third kappa shape index (κ3) is 2.43. The molecule has 0 fully saturated rings. The Morgan fingerprint density at radius 1 is 1.11 bits per heavy atom. The maximum Gasteiger partial charge on any atom is 0.425 e. The summed E-state index contributed by atoms with van der Waals surface area (Å²) in [7, 11) is 0. The van der Waals surface area contributed by atoms with Gasteiger partial charge in [0, 0.05) is 16.0 Å². The van der Waals surface area contributed by atoms with Gasteiger partial charge < -0.3 is 0 Å². The molecule has 0 saturated carbocycles. The predicted octanol–water partition coefficient (Wildman–Crippen LogP) is 4.39. The molecule has 0 unspecified atom stereocenters. The van der Waals surface area contributed by atoms with E-state index in [-0.39, 0.29) is 16.0 Å². The quantitative estimate of drug-likeness (QED) is 0.586. The van der Waals surface area contributed by atoms with Gasteiger partial charge in [-0.2, -0.15) is 13.2 Å². The molecular formula is C12H6F4OS. The predicted molar refractivity (Wildman–Crippen MR) is 60.1 cm³/mol. The number of benzene rings is 1. The summed E-state index contributed by atoms with van der Waals surface area (Å²) in [6.45, 7) is 0. The summed E-state index contributed by atoms with van der Waals surface area (Å²) >= 11 is 0.467. The van der Waals surface area contributed by atoms with Crippen LogP contribution in [0.1, 0.15) is 15.2 Å². The minimum absolute atomic E-state index is 0.0566. The highest BCUT2D eigenvalue weighted by atomic mass is 32.1. The number of carbonyl (C=O) groups is 1. The Hall–Kier alpha value is -1.69. The van der Waals surface area contributed by atoms with Crippen molar-refractivity contribution < 1.29 is 22.4 Å². The first-order valence-corrected chi connectivity index (χ1v) is 5.65. The van der Waals surface area contributed by atoms with Crippen LogP contribution in [-0.2, 0) is 6.18 Å². The molecule has 2 rings (SSSR count). The molecule has 0 aliphatic rings. The van der Waals surface area contributed by atoms with Crippen molar-refractivity contribution in [1.82, 2.24) is 0 Å². The molecule has 1 aromatic heterocycles. The fraction of sp³-hybridized carbons (Fsp3) is 0.0833. The molecule has 0 atom stereocenters. The zero-order valence-electron chi connectivity index (χ0n) is 8.79. The van der Waals surface area contributed by atoms with E-state index >= 15 is 0 Å². The first-order chi connectivity index (χ1) is 8.41. The van der Waals surface area contributed by atoms with E-state index in [1.165, 1.54) is 18.2 Å². The highest BCUT2D eigenvalue weighted by Crippen LogP contribution is 2.39. The number of hydrogen-bond donors (Lipinski definition) is 0. The molecule has 6 heteroatoms. The largest absolute Gasteiger partial charge is 0.425 e. The van der Waals surface area contributed by atoms with E-state index < -0.39 is 16.9 Å². The van der Waals surface area contributed by atoms with E-state index in [4.69, 9.17) is 0 Å². The van der Waals surface area contributed by atoms with Crippen LogP contribution in [0, 0.1) is 5.82 Å². The van der Waals surface area contributed by atoms with Crippen LogP contribution in [0.2, 0.25) is 0 Å². The number of thiophene rings is 1. The van der Waals surface area contributed by atoms with Crippen molar-refractivity contribution in [1.29, 1.82) is 0 Å². The van der Waals surface area contributed by atoms with E-state index in [2.05, 4.69) is 0 Å². The number of aldehydes is 1. The molecule has 0 N–H and O–H groups in total. The molecule has 1 heterocycles. The fourth-order valence-electron chi connectivity index (χ4n) is 1.44. The van der Waals surface area contributed by atoms with Crippen LogP contribution in [0.25, 0.3) is 10.4 Å². The van der Waals surface area contributed by atoms with Crippen molar-refractivity contribution >= 4 is 17.6 Å². The zero-order valence-corrected chi connectivity index (χ0v) is 9.61. The Labute approximate surface area is 104 Å². The molecule has 1 nitrogen and oxygen atoms in total. The van der Waals surface area contributed by atoms with E-state index in [0.29, 0.717) is 17.6 Å². The van der Waals surface area contributed by atoms with Gasteiger partial charge in [-0.15, -0.1) is 11.3 Å². The second-order valence-electron chi connectivity index (χ2n) is 3.52. The highest BCUT2D eigenvalue weighted by molar-refractivity contribution is 7.15. The fourth-order valence-corrected chi connectivity index (χ4v) is 2.34. The lowest BCUT2D eigenvalue weighted by Gasteiger charge is -2.02. The third-order valence-corrected chi connectivity index (χ3v) is 3.44. The Morgan fingerprint density at radius 2 is 1.83 bits per heavy atom. The summed E-state index contributed by atoms with van der Waals surface area (Å²) in [5.41, 5.74) is 0.199. The van der Waals surface area contributed by atoms with Crippen LogP contribution in [0.15, 0.2) is 30.3 Å². The zero-order chi connectivity index (χ0) is 13.3. The number of hydrogen-bond acceptors (Lipinski definition) is 2. The van der Waals surface area contributed by atoms with Crippen molar-refractivity contribution in [3.63, 3.8) is 0 Å². The second-order valence-corrected chi connectivity index (χ2v) is 4.60. The van der Waals surface area contributed by atoms with Crippen LogP contribution in [-0.4, -0.2) is 6.29 Å². The molecule has 18 heavy (non-hydrogen) atoms. The van der Waals surface area contributed by atoms with Gasteiger partial charge in [0.1, 0.15) is 17.0 Å². The van der Waals surface area contributed by atoms with Gasteiger partial charge in [0.15, 0.2) is 0 Å². The molecule has 1 aromatic carbocycles. The van der Waals surface area contributed by atoms with Gasteiger partial charge in [-0.3, -0.25) is 4.79 Å². The number of carbonyl (C=O) groups excluding carboxylic acids is 1. The van der Waals surface area contributed by atoms with Crippen molar-refractivity contribution in [3.8, 4) is 10.4 Å². The van der Waals surface area contributed by atoms with E-state index in [0.717, 1.165) is 12.1 Å². The molecular weight excluding hydrogens is 268 g/mol. The second kappa shape index (κ2) is 4.53. The highest BCUT2D eigenvalue weighted by Gasteiger charge is 2.32. The molecule has 0 saturated heterocycles. The molecule has 0 radical (unpaired) electrons. The minimum Gasteiger partial charge on any atom is -0.298 e. The maximum atomic E-state index is 13.6. The van der Waals surface area contributed by atoms with Gasteiger partial charge in [-0.1, -0.05) is 6.07 Å². The molecule has 0 aliphatic carbocycles. The molecule has 0 aliphatic heterocycles. The summed E-state index contributed by atoms with van der Waals surface area (Å²) in [4.78, 5) is 9.83. The number of halogens is 4. The third-order valence-electron chi connectivity index (χ3n) is 2.28. The molecule has 2 aromatic rings. The normalized spacial score (nSPS) is 11.6. The van der Waals surface area contributed by atoms with Crippen LogP contribution in [0.4, 0.5) is 17.6 Å². The van der Waals surface area contributed by atoms with Gasteiger partial charge in [0.2, 0.25) is 0 Å². The maximum absolute atomic E-state index is 13.6. The summed E-state index contributed by atoms with van der Waals surface area (Å²) in [6.07, 6.45) is -3.95.